The highest BCUT2D eigenvalue weighted by Gasteiger charge is 2.17. The van der Waals surface area contributed by atoms with Crippen LogP contribution in [0.4, 0.5) is 5.69 Å². The molecule has 0 aliphatic carbocycles. The molecule has 0 radical (unpaired) electrons. The van der Waals surface area contributed by atoms with Gasteiger partial charge in [-0.3, -0.25) is 0 Å². The van der Waals surface area contributed by atoms with Crippen LogP contribution in [0.5, 0.6) is 0 Å². The largest absolute Gasteiger partial charge is 0.389 e. The van der Waals surface area contributed by atoms with Gasteiger partial charge in [-0.25, -0.2) is 0 Å². The van der Waals surface area contributed by atoms with Gasteiger partial charge in [0.1, 0.15) is 6.10 Å². The Labute approximate surface area is 98.0 Å². The predicted octanol–water partition coefficient (Wildman–Crippen LogP) is 2.05. The van der Waals surface area contributed by atoms with Crippen LogP contribution >= 0.6 is 23.8 Å². The summed E-state index contributed by atoms with van der Waals surface area (Å²) in [6.45, 7) is 0. The van der Waals surface area contributed by atoms with E-state index in [9.17, 15) is 10.2 Å². The molecular weight excluding hydrogens is 234 g/mol. The standard InChI is InChI=1S/C10H10ClNO2S/c11-5-9(13)10(14)7-2-1-3-8(4-7)12-6-15/h1-4,9-10,13-14H,5H2. The molecule has 1 aromatic carbocycles. The fraction of sp³-hybridized carbons (Fsp3) is 0.300. The lowest BCUT2D eigenvalue weighted by molar-refractivity contribution is 0.0327. The summed E-state index contributed by atoms with van der Waals surface area (Å²) in [4.78, 5) is 3.77. The average molecular weight is 244 g/mol. The number of isothiocyanates is 1. The maximum absolute atomic E-state index is 9.66. The van der Waals surface area contributed by atoms with Crippen LogP contribution in [0.2, 0.25) is 0 Å². The minimum Gasteiger partial charge on any atom is -0.389 e. The van der Waals surface area contributed by atoms with Gasteiger partial charge in [0.2, 0.25) is 0 Å². The first-order valence-corrected chi connectivity index (χ1v) is 5.23. The third-order valence-electron chi connectivity index (χ3n) is 1.91. The minimum atomic E-state index is -1.01. The SMILES string of the molecule is OC(CCl)C(O)c1cccc(N=C=S)c1. The van der Waals surface area contributed by atoms with Gasteiger partial charge in [-0.1, -0.05) is 12.1 Å². The van der Waals surface area contributed by atoms with Crippen molar-refractivity contribution in [3.05, 3.63) is 29.8 Å². The van der Waals surface area contributed by atoms with Crippen LogP contribution in [0.3, 0.4) is 0 Å². The highest BCUT2D eigenvalue weighted by atomic mass is 35.5. The molecule has 0 aromatic heterocycles. The zero-order chi connectivity index (χ0) is 11.3. The minimum absolute atomic E-state index is 0.0260. The first kappa shape index (κ1) is 12.3. The molecule has 0 bridgehead atoms. The molecule has 1 rings (SSSR count). The van der Waals surface area contributed by atoms with Crippen LogP contribution < -0.4 is 0 Å². The summed E-state index contributed by atoms with van der Waals surface area (Å²) in [7, 11) is 0. The van der Waals surface area contributed by atoms with Crippen LogP contribution in [0, 0.1) is 0 Å². The summed E-state index contributed by atoms with van der Waals surface area (Å²) in [5.74, 6) is -0.0260. The van der Waals surface area contributed by atoms with Gasteiger partial charge >= 0.3 is 0 Å². The van der Waals surface area contributed by atoms with Gasteiger partial charge in [-0.05, 0) is 29.9 Å². The summed E-state index contributed by atoms with van der Waals surface area (Å²) in [5.41, 5.74) is 1.14. The number of aliphatic hydroxyl groups excluding tert-OH is 2. The van der Waals surface area contributed by atoms with Crippen LogP contribution in [0.15, 0.2) is 29.3 Å². The number of aliphatic imine (C=N–C) groups is 1. The van der Waals surface area contributed by atoms with Crippen LogP contribution in [0.1, 0.15) is 11.7 Å². The van der Waals surface area contributed by atoms with Crippen molar-refractivity contribution in [2.45, 2.75) is 12.2 Å². The molecule has 80 valence electrons. The van der Waals surface area contributed by atoms with Gasteiger partial charge in [0.15, 0.2) is 0 Å². The van der Waals surface area contributed by atoms with Crippen molar-refractivity contribution in [3.63, 3.8) is 0 Å². The fourth-order valence-corrected chi connectivity index (χ4v) is 1.41. The van der Waals surface area contributed by atoms with Crippen molar-refractivity contribution >= 4 is 34.7 Å². The molecule has 2 unspecified atom stereocenters. The quantitative estimate of drug-likeness (QED) is 0.484. The predicted molar refractivity (Wildman–Crippen MR) is 62.8 cm³/mol. The number of rotatable bonds is 4. The van der Waals surface area contributed by atoms with Crippen molar-refractivity contribution in [1.29, 1.82) is 0 Å². The molecule has 0 aliphatic rings. The summed E-state index contributed by atoms with van der Waals surface area (Å²) in [5, 5.41) is 21.2. The van der Waals surface area contributed by atoms with E-state index in [2.05, 4.69) is 22.4 Å². The number of hydrogen-bond acceptors (Lipinski definition) is 4. The number of aliphatic hydroxyl groups is 2. The molecule has 3 nitrogen and oxygen atoms in total. The first-order chi connectivity index (χ1) is 7.19. The van der Waals surface area contributed by atoms with E-state index in [1.54, 1.807) is 24.3 Å². The van der Waals surface area contributed by atoms with Crippen molar-refractivity contribution in [2.75, 3.05) is 5.88 Å². The molecule has 0 saturated carbocycles. The number of hydrogen-bond donors (Lipinski definition) is 2. The Morgan fingerprint density at radius 1 is 1.47 bits per heavy atom. The van der Waals surface area contributed by atoms with Gasteiger partial charge in [0, 0.05) is 0 Å². The molecule has 0 saturated heterocycles. The molecule has 2 N–H and O–H groups in total. The molecule has 5 heteroatoms. The molecule has 0 heterocycles. The van der Waals surface area contributed by atoms with E-state index < -0.39 is 12.2 Å². The Kier molecular flexibility index (Phi) is 4.88. The molecule has 15 heavy (non-hydrogen) atoms. The summed E-state index contributed by atoms with van der Waals surface area (Å²) in [6, 6.07) is 6.75. The van der Waals surface area contributed by atoms with Crippen molar-refractivity contribution in [3.8, 4) is 0 Å². The van der Waals surface area contributed by atoms with Gasteiger partial charge in [-0.15, -0.1) is 11.6 Å². The monoisotopic (exact) mass is 243 g/mol. The second-order valence-electron chi connectivity index (χ2n) is 2.96. The molecule has 0 fully saturated rings. The molecular formula is C10H10ClNO2S. The number of benzene rings is 1. The van der Waals surface area contributed by atoms with Crippen LogP contribution in [-0.2, 0) is 0 Å². The average Bonchev–Trinajstić information content (AvgIpc) is 2.28. The van der Waals surface area contributed by atoms with Crippen molar-refractivity contribution in [2.24, 2.45) is 4.99 Å². The lowest BCUT2D eigenvalue weighted by Gasteiger charge is -2.15. The van der Waals surface area contributed by atoms with Gasteiger partial charge in [-0.2, -0.15) is 4.99 Å². The van der Waals surface area contributed by atoms with Crippen molar-refractivity contribution in [1.82, 2.24) is 0 Å². The zero-order valence-electron chi connectivity index (χ0n) is 7.80. The number of nitrogens with zero attached hydrogens (tertiary/aromatic N) is 1. The van der Waals surface area contributed by atoms with Crippen LogP contribution in [-0.4, -0.2) is 27.4 Å². The first-order valence-electron chi connectivity index (χ1n) is 4.29. The number of halogens is 1. The van der Waals surface area contributed by atoms with Crippen molar-refractivity contribution < 1.29 is 10.2 Å². The summed E-state index contributed by atoms with van der Waals surface area (Å²) >= 11 is 9.90. The fourth-order valence-electron chi connectivity index (χ4n) is 1.14. The maximum Gasteiger partial charge on any atom is 0.106 e. The van der Waals surface area contributed by atoms with E-state index in [4.69, 9.17) is 11.6 Å². The Morgan fingerprint density at radius 3 is 2.80 bits per heavy atom. The number of alkyl halides is 1. The van der Waals surface area contributed by atoms with E-state index in [0.29, 0.717) is 11.3 Å². The normalized spacial score (nSPS) is 14.1. The summed E-state index contributed by atoms with van der Waals surface area (Å²) in [6.07, 6.45) is -2.00. The highest BCUT2D eigenvalue weighted by Crippen LogP contribution is 2.22. The van der Waals surface area contributed by atoms with E-state index in [1.165, 1.54) is 0 Å². The second kappa shape index (κ2) is 5.95. The van der Waals surface area contributed by atoms with Gasteiger partial charge in [0.05, 0.1) is 22.8 Å². The topological polar surface area (TPSA) is 52.8 Å². The molecule has 0 aliphatic heterocycles. The molecule has 0 amide bonds. The van der Waals surface area contributed by atoms with E-state index in [-0.39, 0.29) is 5.88 Å². The molecule has 2 atom stereocenters. The van der Waals surface area contributed by atoms with Gasteiger partial charge < -0.3 is 10.2 Å². The zero-order valence-corrected chi connectivity index (χ0v) is 9.37. The molecule has 1 aromatic rings. The van der Waals surface area contributed by atoms with Gasteiger partial charge in [0.25, 0.3) is 0 Å². The number of thiocarbonyl (C=S) groups is 1. The Balaban J connectivity index is 2.94. The third kappa shape index (κ3) is 3.38. The van der Waals surface area contributed by atoms with E-state index in [1.807, 2.05) is 0 Å². The Bertz CT molecular complexity index is 379. The Morgan fingerprint density at radius 2 is 2.20 bits per heavy atom. The second-order valence-corrected chi connectivity index (χ2v) is 3.46. The third-order valence-corrected chi connectivity index (χ3v) is 2.32. The van der Waals surface area contributed by atoms with E-state index in [0.717, 1.165) is 0 Å². The smallest absolute Gasteiger partial charge is 0.106 e. The Hall–Kier alpha value is -0.770. The lowest BCUT2D eigenvalue weighted by Crippen LogP contribution is -2.19. The highest BCUT2D eigenvalue weighted by molar-refractivity contribution is 7.78. The summed E-state index contributed by atoms with van der Waals surface area (Å²) < 4.78 is 0. The maximum atomic E-state index is 9.66. The molecule has 0 spiro atoms. The van der Waals surface area contributed by atoms with Crippen LogP contribution in [0.25, 0.3) is 0 Å². The van der Waals surface area contributed by atoms with E-state index >= 15 is 0 Å². The lowest BCUT2D eigenvalue weighted by atomic mass is 10.1.